The highest BCUT2D eigenvalue weighted by molar-refractivity contribution is 5.79. The Morgan fingerprint density at radius 2 is 1.96 bits per heavy atom. The maximum Gasteiger partial charge on any atom is 0.191 e. The van der Waals surface area contributed by atoms with Crippen LogP contribution in [0.4, 0.5) is 0 Å². The van der Waals surface area contributed by atoms with E-state index < -0.39 is 5.60 Å². The number of morpholine rings is 1. The Morgan fingerprint density at radius 1 is 1.24 bits per heavy atom. The van der Waals surface area contributed by atoms with Crippen LogP contribution in [0.25, 0.3) is 0 Å². The lowest BCUT2D eigenvalue weighted by molar-refractivity contribution is -0.0180. The van der Waals surface area contributed by atoms with E-state index >= 15 is 0 Å². The Labute approximate surface area is 153 Å². The molecular weight excluding hydrogens is 316 g/mol. The summed E-state index contributed by atoms with van der Waals surface area (Å²) in [5.41, 5.74) is -0.822. The summed E-state index contributed by atoms with van der Waals surface area (Å²) < 4.78 is 5.37. The van der Waals surface area contributed by atoms with Crippen molar-refractivity contribution >= 4 is 5.96 Å². The van der Waals surface area contributed by atoms with E-state index in [1.807, 2.05) is 6.92 Å². The monoisotopic (exact) mass is 354 g/mol. The molecule has 3 N–H and O–H groups in total. The fraction of sp³-hybridized carbons (Fsp3) is 0.947. The summed E-state index contributed by atoms with van der Waals surface area (Å²) >= 11 is 0. The molecule has 3 unspecified atom stereocenters. The smallest absolute Gasteiger partial charge is 0.191 e. The van der Waals surface area contributed by atoms with Gasteiger partial charge in [-0.15, -0.1) is 0 Å². The zero-order valence-corrected chi connectivity index (χ0v) is 16.4. The quantitative estimate of drug-likeness (QED) is 0.477. The van der Waals surface area contributed by atoms with Crippen molar-refractivity contribution in [1.29, 1.82) is 0 Å². The standard InChI is InChI=1S/C19H38N4O2/c1-4-20-18(21-13-17-8-6-5-7-16(17)2)22-14-19(3,24)15-23-9-11-25-12-10-23/h16-17,24H,4-15H2,1-3H3,(H2,20,21,22). The summed E-state index contributed by atoms with van der Waals surface area (Å²) in [5.74, 6) is 2.34. The van der Waals surface area contributed by atoms with Crippen LogP contribution in [0, 0.1) is 11.8 Å². The highest BCUT2D eigenvalue weighted by Crippen LogP contribution is 2.28. The summed E-state index contributed by atoms with van der Waals surface area (Å²) in [4.78, 5) is 6.90. The topological polar surface area (TPSA) is 69.1 Å². The molecule has 1 aliphatic carbocycles. The first-order valence-corrected chi connectivity index (χ1v) is 10.0. The first-order valence-electron chi connectivity index (χ1n) is 10.0. The lowest BCUT2D eigenvalue weighted by Gasteiger charge is -2.33. The molecule has 1 aliphatic heterocycles. The number of rotatable bonds is 7. The molecule has 2 rings (SSSR count). The van der Waals surface area contributed by atoms with Crippen LogP contribution in [0.15, 0.2) is 4.99 Å². The minimum Gasteiger partial charge on any atom is -0.387 e. The first-order chi connectivity index (χ1) is 12.0. The summed E-state index contributed by atoms with van der Waals surface area (Å²) in [6, 6.07) is 0. The highest BCUT2D eigenvalue weighted by atomic mass is 16.5. The second-order valence-corrected chi connectivity index (χ2v) is 7.98. The molecule has 0 bridgehead atoms. The van der Waals surface area contributed by atoms with E-state index in [1.54, 1.807) is 0 Å². The number of hydrogen-bond acceptors (Lipinski definition) is 4. The number of ether oxygens (including phenoxy) is 1. The Bertz CT molecular complexity index is 408. The van der Waals surface area contributed by atoms with Crippen molar-refractivity contribution in [2.24, 2.45) is 16.8 Å². The molecule has 0 spiro atoms. The molecule has 1 heterocycles. The van der Waals surface area contributed by atoms with Crippen LogP contribution in [0.2, 0.25) is 0 Å². The van der Waals surface area contributed by atoms with E-state index in [-0.39, 0.29) is 0 Å². The Kier molecular flexibility index (Phi) is 8.46. The van der Waals surface area contributed by atoms with Crippen LogP contribution in [-0.2, 0) is 4.74 Å². The summed E-state index contributed by atoms with van der Waals surface area (Å²) in [7, 11) is 0. The van der Waals surface area contributed by atoms with E-state index in [0.29, 0.717) is 13.1 Å². The van der Waals surface area contributed by atoms with Gasteiger partial charge in [-0.05, 0) is 32.1 Å². The molecule has 2 fully saturated rings. The maximum atomic E-state index is 10.7. The third kappa shape index (κ3) is 7.50. The number of aliphatic hydroxyl groups is 1. The fourth-order valence-corrected chi connectivity index (χ4v) is 3.81. The molecule has 0 aromatic rings. The van der Waals surface area contributed by atoms with Gasteiger partial charge in [-0.1, -0.05) is 26.2 Å². The van der Waals surface area contributed by atoms with Gasteiger partial charge in [0, 0.05) is 32.7 Å². The van der Waals surface area contributed by atoms with E-state index in [9.17, 15) is 5.11 Å². The number of guanidine groups is 1. The van der Waals surface area contributed by atoms with Crippen LogP contribution >= 0.6 is 0 Å². The molecule has 0 aromatic heterocycles. The first kappa shape index (κ1) is 20.5. The van der Waals surface area contributed by atoms with Gasteiger partial charge in [-0.3, -0.25) is 9.89 Å². The Hall–Kier alpha value is -0.850. The molecule has 6 heteroatoms. The molecular formula is C19H38N4O2. The third-order valence-corrected chi connectivity index (χ3v) is 5.41. The average Bonchev–Trinajstić information content (AvgIpc) is 2.59. The second kappa shape index (κ2) is 10.3. The number of aliphatic imine (C=N–C) groups is 1. The highest BCUT2D eigenvalue weighted by Gasteiger charge is 2.25. The predicted molar refractivity (Wildman–Crippen MR) is 103 cm³/mol. The van der Waals surface area contributed by atoms with Gasteiger partial charge in [0.05, 0.1) is 25.4 Å². The number of hydrogen-bond donors (Lipinski definition) is 3. The Balaban J connectivity index is 1.82. The maximum absolute atomic E-state index is 10.7. The summed E-state index contributed by atoms with van der Waals surface area (Å²) in [5, 5.41) is 17.5. The third-order valence-electron chi connectivity index (χ3n) is 5.41. The van der Waals surface area contributed by atoms with Crippen LogP contribution in [0.5, 0.6) is 0 Å². The molecule has 0 aromatic carbocycles. The summed E-state index contributed by atoms with van der Waals surface area (Å²) in [6.45, 7) is 12.4. The molecule has 6 nitrogen and oxygen atoms in total. The minimum atomic E-state index is -0.822. The Morgan fingerprint density at radius 3 is 2.64 bits per heavy atom. The largest absolute Gasteiger partial charge is 0.387 e. The lowest BCUT2D eigenvalue weighted by Crippen LogP contribution is -2.48. The van der Waals surface area contributed by atoms with Crippen molar-refractivity contribution in [3.8, 4) is 0 Å². The normalized spacial score (nSPS) is 28.4. The van der Waals surface area contributed by atoms with Crippen molar-refractivity contribution < 1.29 is 9.84 Å². The van der Waals surface area contributed by atoms with E-state index in [4.69, 9.17) is 4.74 Å². The number of β-amino-alcohol motifs (C(OH)–C–C–N with tert-alkyl or cyclic N) is 1. The van der Waals surface area contributed by atoms with Gasteiger partial charge >= 0.3 is 0 Å². The van der Waals surface area contributed by atoms with Gasteiger partial charge < -0.3 is 20.5 Å². The van der Waals surface area contributed by atoms with E-state index in [0.717, 1.165) is 57.2 Å². The van der Waals surface area contributed by atoms with Gasteiger partial charge in [0.1, 0.15) is 0 Å². The van der Waals surface area contributed by atoms with Crippen LogP contribution in [-0.4, -0.2) is 74.0 Å². The van der Waals surface area contributed by atoms with Crippen LogP contribution < -0.4 is 10.6 Å². The lowest BCUT2D eigenvalue weighted by atomic mass is 9.80. The molecule has 1 saturated carbocycles. The van der Waals surface area contributed by atoms with E-state index in [1.165, 1.54) is 25.7 Å². The van der Waals surface area contributed by atoms with Gasteiger partial charge in [-0.25, -0.2) is 0 Å². The van der Waals surface area contributed by atoms with Crippen molar-refractivity contribution in [3.05, 3.63) is 0 Å². The molecule has 25 heavy (non-hydrogen) atoms. The van der Waals surface area contributed by atoms with Crippen LogP contribution in [0.1, 0.15) is 46.5 Å². The number of nitrogens with one attached hydrogen (secondary N) is 2. The van der Waals surface area contributed by atoms with Crippen molar-refractivity contribution in [1.82, 2.24) is 15.5 Å². The molecule has 146 valence electrons. The van der Waals surface area contributed by atoms with Gasteiger partial charge in [-0.2, -0.15) is 0 Å². The van der Waals surface area contributed by atoms with Crippen molar-refractivity contribution in [2.45, 2.75) is 52.1 Å². The van der Waals surface area contributed by atoms with Gasteiger partial charge in [0.25, 0.3) is 0 Å². The predicted octanol–water partition coefficient (Wildman–Crippen LogP) is 1.45. The molecule has 0 radical (unpaired) electrons. The fourth-order valence-electron chi connectivity index (χ4n) is 3.81. The molecule has 1 saturated heterocycles. The van der Waals surface area contributed by atoms with Gasteiger partial charge in [0.2, 0.25) is 0 Å². The zero-order valence-electron chi connectivity index (χ0n) is 16.4. The average molecular weight is 355 g/mol. The molecule has 3 atom stereocenters. The second-order valence-electron chi connectivity index (χ2n) is 7.98. The minimum absolute atomic E-state index is 0.403. The molecule has 0 amide bonds. The van der Waals surface area contributed by atoms with Crippen molar-refractivity contribution in [2.75, 3.05) is 52.5 Å². The zero-order chi connectivity index (χ0) is 18.1. The molecule has 2 aliphatic rings. The SMILES string of the molecule is CCNC(=NCC(C)(O)CN1CCOCC1)NCC1CCCCC1C. The summed E-state index contributed by atoms with van der Waals surface area (Å²) in [6.07, 6.45) is 5.37. The number of nitrogens with zero attached hydrogens (tertiary/aromatic N) is 2. The van der Waals surface area contributed by atoms with E-state index in [2.05, 4.69) is 34.4 Å². The van der Waals surface area contributed by atoms with Gasteiger partial charge in [0.15, 0.2) is 5.96 Å². The van der Waals surface area contributed by atoms with Crippen LogP contribution in [0.3, 0.4) is 0 Å². The van der Waals surface area contributed by atoms with Crippen molar-refractivity contribution in [3.63, 3.8) is 0 Å².